The summed E-state index contributed by atoms with van der Waals surface area (Å²) in [5, 5.41) is 0. The van der Waals surface area contributed by atoms with Gasteiger partial charge in [-0.25, -0.2) is 8.42 Å². The Bertz CT molecular complexity index is 773. The molecule has 0 atom stereocenters. The number of primary amides is 1. The van der Waals surface area contributed by atoms with Crippen LogP contribution < -0.4 is 5.73 Å². The maximum absolute atomic E-state index is 12.5. The summed E-state index contributed by atoms with van der Waals surface area (Å²) in [5.74, 6) is -0.246. The van der Waals surface area contributed by atoms with Crippen molar-refractivity contribution in [3.05, 3.63) is 35.4 Å². The van der Waals surface area contributed by atoms with Crippen LogP contribution in [0.4, 0.5) is 0 Å². The number of hydrogen-bond acceptors (Lipinski definition) is 4. The molecule has 0 unspecified atom stereocenters. The Balaban J connectivity index is 1.91. The molecule has 26 heavy (non-hydrogen) atoms. The normalized spacial score (nSPS) is 16.5. The van der Waals surface area contributed by atoms with Crippen molar-refractivity contribution >= 4 is 21.7 Å². The smallest absolute Gasteiger partial charge is 0.248 e. The van der Waals surface area contributed by atoms with Gasteiger partial charge in [0.1, 0.15) is 0 Å². The maximum atomic E-state index is 12.5. The highest BCUT2D eigenvalue weighted by atomic mass is 32.2. The second kappa shape index (κ2) is 7.78. The van der Waals surface area contributed by atoms with E-state index in [1.807, 2.05) is 0 Å². The van der Waals surface area contributed by atoms with Crippen LogP contribution in [0.1, 0.15) is 49.5 Å². The van der Waals surface area contributed by atoms with Gasteiger partial charge in [-0.2, -0.15) is 0 Å². The van der Waals surface area contributed by atoms with Crippen LogP contribution in [0.25, 0.3) is 0 Å². The SMILES string of the molecule is CC(C)(C)S(=O)(=O)CC1CCN(C(=O)Cc2cccc(C(N)=O)c2)CC1. The fourth-order valence-corrected chi connectivity index (χ4v) is 4.48. The van der Waals surface area contributed by atoms with Crippen molar-refractivity contribution in [2.45, 2.75) is 44.8 Å². The highest BCUT2D eigenvalue weighted by Crippen LogP contribution is 2.25. The zero-order valence-corrected chi connectivity index (χ0v) is 16.5. The number of likely N-dealkylation sites (tertiary alicyclic amines) is 1. The van der Waals surface area contributed by atoms with Gasteiger partial charge in [0.05, 0.1) is 16.9 Å². The lowest BCUT2D eigenvalue weighted by Gasteiger charge is -2.33. The van der Waals surface area contributed by atoms with Crippen LogP contribution in [-0.4, -0.2) is 48.7 Å². The van der Waals surface area contributed by atoms with E-state index in [1.54, 1.807) is 49.9 Å². The Morgan fingerprint density at radius 1 is 1.19 bits per heavy atom. The average molecular weight is 381 g/mol. The van der Waals surface area contributed by atoms with Crippen molar-refractivity contribution in [1.29, 1.82) is 0 Å². The topological polar surface area (TPSA) is 97.5 Å². The van der Waals surface area contributed by atoms with Gasteiger partial charge in [-0.15, -0.1) is 0 Å². The summed E-state index contributed by atoms with van der Waals surface area (Å²) in [5.41, 5.74) is 6.41. The maximum Gasteiger partial charge on any atom is 0.248 e. The van der Waals surface area contributed by atoms with Gasteiger partial charge in [-0.1, -0.05) is 12.1 Å². The van der Waals surface area contributed by atoms with Crippen LogP contribution in [0.3, 0.4) is 0 Å². The third kappa shape index (κ3) is 5.06. The van der Waals surface area contributed by atoms with E-state index in [2.05, 4.69) is 0 Å². The number of carbonyl (C=O) groups excluding carboxylic acids is 2. The molecule has 1 saturated heterocycles. The molecular weight excluding hydrogens is 352 g/mol. The van der Waals surface area contributed by atoms with Gasteiger partial charge in [0.2, 0.25) is 11.8 Å². The number of carbonyl (C=O) groups is 2. The van der Waals surface area contributed by atoms with Crippen LogP contribution in [0.5, 0.6) is 0 Å². The third-order valence-corrected chi connectivity index (χ3v) is 7.70. The summed E-state index contributed by atoms with van der Waals surface area (Å²) in [7, 11) is -3.14. The van der Waals surface area contributed by atoms with Crippen molar-refractivity contribution in [2.75, 3.05) is 18.8 Å². The first-order valence-electron chi connectivity index (χ1n) is 8.88. The predicted octanol–water partition coefficient (Wildman–Crippen LogP) is 1.78. The van der Waals surface area contributed by atoms with E-state index in [-0.39, 0.29) is 24.0 Å². The van der Waals surface area contributed by atoms with Crippen LogP contribution >= 0.6 is 0 Å². The number of rotatable bonds is 5. The molecule has 2 rings (SSSR count). The summed E-state index contributed by atoms with van der Waals surface area (Å²) in [6.45, 7) is 6.31. The van der Waals surface area contributed by atoms with Crippen molar-refractivity contribution < 1.29 is 18.0 Å². The Morgan fingerprint density at radius 3 is 2.35 bits per heavy atom. The highest BCUT2D eigenvalue weighted by Gasteiger charge is 2.33. The number of amides is 2. The molecule has 2 N–H and O–H groups in total. The van der Waals surface area contributed by atoms with E-state index >= 15 is 0 Å². The quantitative estimate of drug-likeness (QED) is 0.842. The zero-order chi connectivity index (χ0) is 19.5. The summed E-state index contributed by atoms with van der Waals surface area (Å²) in [6.07, 6.45) is 1.61. The highest BCUT2D eigenvalue weighted by molar-refractivity contribution is 7.92. The standard InChI is InChI=1S/C19H28N2O4S/c1-19(2,3)26(24,25)13-14-7-9-21(10-8-14)17(22)12-15-5-4-6-16(11-15)18(20)23/h4-6,11,14H,7-10,12-13H2,1-3H3,(H2,20,23). The van der Waals surface area contributed by atoms with Gasteiger partial charge >= 0.3 is 0 Å². The second-order valence-electron chi connectivity index (χ2n) is 7.96. The number of hydrogen-bond donors (Lipinski definition) is 1. The van der Waals surface area contributed by atoms with Crippen molar-refractivity contribution in [3.8, 4) is 0 Å². The molecule has 1 fully saturated rings. The summed E-state index contributed by atoms with van der Waals surface area (Å²) in [4.78, 5) is 25.5. The molecule has 0 saturated carbocycles. The molecule has 0 aromatic heterocycles. The van der Waals surface area contributed by atoms with Crippen LogP contribution in [0, 0.1) is 5.92 Å². The molecule has 0 bridgehead atoms. The van der Waals surface area contributed by atoms with Gasteiger partial charge in [0.25, 0.3) is 0 Å². The van der Waals surface area contributed by atoms with Crippen molar-refractivity contribution in [2.24, 2.45) is 11.7 Å². The fourth-order valence-electron chi connectivity index (χ4n) is 3.03. The van der Waals surface area contributed by atoms with Crippen molar-refractivity contribution in [1.82, 2.24) is 4.90 Å². The average Bonchev–Trinajstić information content (AvgIpc) is 2.54. The zero-order valence-electron chi connectivity index (χ0n) is 15.7. The lowest BCUT2D eigenvalue weighted by Crippen LogP contribution is -2.42. The first-order valence-corrected chi connectivity index (χ1v) is 10.5. The minimum atomic E-state index is -3.14. The van der Waals surface area contributed by atoms with E-state index in [9.17, 15) is 18.0 Å². The van der Waals surface area contributed by atoms with E-state index < -0.39 is 20.5 Å². The van der Waals surface area contributed by atoms with E-state index in [0.29, 0.717) is 31.5 Å². The lowest BCUT2D eigenvalue weighted by atomic mass is 9.98. The Morgan fingerprint density at radius 2 is 1.81 bits per heavy atom. The summed E-state index contributed by atoms with van der Waals surface area (Å²) >= 11 is 0. The van der Waals surface area contributed by atoms with Gasteiger partial charge in [-0.3, -0.25) is 9.59 Å². The molecule has 1 aromatic rings. The van der Waals surface area contributed by atoms with Crippen molar-refractivity contribution in [3.63, 3.8) is 0 Å². The summed E-state index contributed by atoms with van der Waals surface area (Å²) in [6, 6.07) is 6.78. The molecular formula is C19H28N2O4S. The minimum absolute atomic E-state index is 0.0104. The molecule has 1 heterocycles. The number of sulfone groups is 1. The molecule has 144 valence electrons. The van der Waals surface area contributed by atoms with E-state index in [0.717, 1.165) is 5.56 Å². The molecule has 0 aliphatic carbocycles. The largest absolute Gasteiger partial charge is 0.366 e. The number of piperidine rings is 1. The van der Waals surface area contributed by atoms with Gasteiger partial charge in [0, 0.05) is 18.7 Å². The van der Waals surface area contributed by atoms with Gasteiger partial charge in [0.15, 0.2) is 9.84 Å². The number of nitrogens with zero attached hydrogens (tertiary/aromatic N) is 1. The first kappa shape index (κ1) is 20.4. The molecule has 7 heteroatoms. The molecule has 1 aromatic carbocycles. The van der Waals surface area contributed by atoms with E-state index in [1.165, 1.54) is 0 Å². The molecule has 2 amide bonds. The molecule has 6 nitrogen and oxygen atoms in total. The molecule has 0 spiro atoms. The second-order valence-corrected chi connectivity index (χ2v) is 10.7. The third-order valence-electron chi connectivity index (χ3n) is 4.92. The van der Waals surface area contributed by atoms with Crippen LogP contribution in [0.15, 0.2) is 24.3 Å². The Labute approximate surface area is 155 Å². The lowest BCUT2D eigenvalue weighted by molar-refractivity contribution is -0.131. The predicted molar refractivity (Wildman–Crippen MR) is 102 cm³/mol. The Hall–Kier alpha value is -1.89. The number of benzene rings is 1. The van der Waals surface area contributed by atoms with Gasteiger partial charge in [-0.05, 0) is 57.2 Å². The van der Waals surface area contributed by atoms with E-state index in [4.69, 9.17) is 5.73 Å². The molecule has 1 aliphatic heterocycles. The molecule has 0 radical (unpaired) electrons. The Kier molecular flexibility index (Phi) is 6.11. The summed E-state index contributed by atoms with van der Waals surface area (Å²) < 4.78 is 23.9. The molecule has 1 aliphatic rings. The van der Waals surface area contributed by atoms with Crippen LogP contribution in [-0.2, 0) is 21.1 Å². The fraction of sp³-hybridized carbons (Fsp3) is 0.579. The monoisotopic (exact) mass is 380 g/mol. The van der Waals surface area contributed by atoms with Gasteiger partial charge < -0.3 is 10.6 Å². The number of nitrogens with two attached hydrogens (primary N) is 1. The van der Waals surface area contributed by atoms with Crippen LogP contribution in [0.2, 0.25) is 0 Å². The minimum Gasteiger partial charge on any atom is -0.366 e. The first-order chi connectivity index (χ1) is 12.0.